The van der Waals surface area contributed by atoms with Crippen molar-refractivity contribution in [3.8, 4) is 0 Å². The molecule has 2 aromatic rings. The Kier molecular flexibility index (Phi) is 3.82. The van der Waals surface area contributed by atoms with Crippen LogP contribution in [-0.2, 0) is 0 Å². The Hall–Kier alpha value is -1.93. The highest BCUT2D eigenvalue weighted by atomic mass is 32.1. The molecule has 0 aliphatic carbocycles. The fourth-order valence-corrected chi connectivity index (χ4v) is 2.24. The zero-order valence-electron chi connectivity index (χ0n) is 11.4. The molecule has 2 rings (SSSR count). The minimum absolute atomic E-state index is 0.460. The van der Waals surface area contributed by atoms with Gasteiger partial charge in [0.2, 0.25) is 0 Å². The predicted molar refractivity (Wildman–Crippen MR) is 78.6 cm³/mol. The minimum atomic E-state index is 0.460. The number of hydrazine groups is 1. The van der Waals surface area contributed by atoms with Crippen molar-refractivity contribution in [3.63, 3.8) is 0 Å². The average molecular weight is 279 g/mol. The number of nitrogens with two attached hydrogens (primary N) is 1. The number of hydrogen-bond donors (Lipinski definition) is 3. The van der Waals surface area contributed by atoms with Gasteiger partial charge in [-0.25, -0.2) is 20.0 Å². The van der Waals surface area contributed by atoms with E-state index in [4.69, 9.17) is 5.73 Å². The van der Waals surface area contributed by atoms with Crippen LogP contribution in [0.15, 0.2) is 6.33 Å². The van der Waals surface area contributed by atoms with Crippen molar-refractivity contribution in [1.82, 2.24) is 20.0 Å². The van der Waals surface area contributed by atoms with E-state index in [-0.39, 0.29) is 0 Å². The van der Waals surface area contributed by atoms with Gasteiger partial charge in [0.1, 0.15) is 12.0 Å². The molecule has 0 spiro atoms. The van der Waals surface area contributed by atoms with Crippen LogP contribution in [0.5, 0.6) is 0 Å². The van der Waals surface area contributed by atoms with Gasteiger partial charge in [-0.3, -0.25) is 0 Å². The zero-order chi connectivity index (χ0) is 14.0. The third-order valence-electron chi connectivity index (χ3n) is 2.47. The molecule has 0 unspecified atom stereocenters. The summed E-state index contributed by atoms with van der Waals surface area (Å²) >= 11 is 1.57. The van der Waals surface area contributed by atoms with Gasteiger partial charge < -0.3 is 16.5 Å². The lowest BCUT2D eigenvalue weighted by Gasteiger charge is -2.15. The van der Waals surface area contributed by atoms with E-state index in [9.17, 15) is 0 Å². The van der Waals surface area contributed by atoms with Crippen molar-refractivity contribution in [2.75, 3.05) is 30.6 Å². The number of aromatic nitrogens is 3. The SMILES string of the molecule is Cc1nc(Nc2ncnc(NN(C)C)c2N)sc1C. The van der Waals surface area contributed by atoms with E-state index in [0.717, 1.165) is 10.8 Å². The molecular formula is C11H17N7S. The molecule has 2 aromatic heterocycles. The van der Waals surface area contributed by atoms with Gasteiger partial charge in [0, 0.05) is 19.0 Å². The van der Waals surface area contributed by atoms with Crippen LogP contribution < -0.4 is 16.5 Å². The molecule has 8 heteroatoms. The van der Waals surface area contributed by atoms with E-state index in [2.05, 4.69) is 25.7 Å². The van der Waals surface area contributed by atoms with Gasteiger partial charge in [0.15, 0.2) is 16.8 Å². The Morgan fingerprint density at radius 1 is 1.21 bits per heavy atom. The van der Waals surface area contributed by atoms with E-state index >= 15 is 0 Å². The first-order valence-electron chi connectivity index (χ1n) is 5.73. The topological polar surface area (TPSA) is 92.0 Å². The van der Waals surface area contributed by atoms with Crippen LogP contribution in [0.25, 0.3) is 0 Å². The van der Waals surface area contributed by atoms with Gasteiger partial charge in [-0.05, 0) is 13.8 Å². The zero-order valence-corrected chi connectivity index (χ0v) is 12.2. The Morgan fingerprint density at radius 3 is 2.47 bits per heavy atom. The summed E-state index contributed by atoms with van der Waals surface area (Å²) in [6, 6.07) is 0. The van der Waals surface area contributed by atoms with Crippen molar-refractivity contribution in [2.45, 2.75) is 13.8 Å². The van der Waals surface area contributed by atoms with E-state index in [1.165, 1.54) is 11.2 Å². The predicted octanol–water partition coefficient (Wildman–Crippen LogP) is 1.76. The van der Waals surface area contributed by atoms with Crippen LogP contribution in [-0.4, -0.2) is 34.1 Å². The largest absolute Gasteiger partial charge is 0.393 e. The van der Waals surface area contributed by atoms with Crippen molar-refractivity contribution < 1.29 is 0 Å². The summed E-state index contributed by atoms with van der Waals surface area (Å²) in [6.45, 7) is 4.00. The quantitative estimate of drug-likeness (QED) is 0.734. The Labute approximate surface area is 115 Å². The summed E-state index contributed by atoms with van der Waals surface area (Å²) in [5, 5.41) is 5.66. The van der Waals surface area contributed by atoms with Crippen LogP contribution in [0.3, 0.4) is 0 Å². The fraction of sp³-hybridized carbons (Fsp3) is 0.364. The first-order valence-corrected chi connectivity index (χ1v) is 6.54. The van der Waals surface area contributed by atoms with E-state index in [1.807, 2.05) is 27.9 Å². The van der Waals surface area contributed by atoms with Crippen molar-refractivity contribution >= 4 is 33.8 Å². The first-order chi connectivity index (χ1) is 8.97. The molecule has 0 atom stereocenters. The van der Waals surface area contributed by atoms with Gasteiger partial charge in [0.25, 0.3) is 0 Å². The summed E-state index contributed by atoms with van der Waals surface area (Å²) in [5.74, 6) is 1.11. The molecule has 0 saturated carbocycles. The highest BCUT2D eigenvalue weighted by Gasteiger charge is 2.11. The molecule has 0 amide bonds. The highest BCUT2D eigenvalue weighted by molar-refractivity contribution is 7.15. The number of rotatable bonds is 4. The Balaban J connectivity index is 2.25. The van der Waals surface area contributed by atoms with Gasteiger partial charge >= 0.3 is 0 Å². The summed E-state index contributed by atoms with van der Waals surface area (Å²) in [7, 11) is 3.73. The summed E-state index contributed by atoms with van der Waals surface area (Å²) in [6.07, 6.45) is 1.46. The number of hydrogen-bond acceptors (Lipinski definition) is 8. The second-order valence-electron chi connectivity index (χ2n) is 4.28. The number of nitrogen functional groups attached to an aromatic ring is 1. The average Bonchev–Trinajstić information content (AvgIpc) is 2.63. The molecule has 7 nitrogen and oxygen atoms in total. The molecule has 19 heavy (non-hydrogen) atoms. The van der Waals surface area contributed by atoms with Crippen LogP contribution in [0.4, 0.5) is 22.5 Å². The molecule has 0 fully saturated rings. The monoisotopic (exact) mass is 279 g/mol. The second kappa shape index (κ2) is 5.37. The van der Waals surface area contributed by atoms with Gasteiger partial charge in [-0.2, -0.15) is 0 Å². The molecule has 4 N–H and O–H groups in total. The number of aryl methyl sites for hydroxylation is 2. The molecule has 0 radical (unpaired) electrons. The highest BCUT2D eigenvalue weighted by Crippen LogP contribution is 2.29. The van der Waals surface area contributed by atoms with Crippen LogP contribution in [0.1, 0.15) is 10.6 Å². The third kappa shape index (κ3) is 3.09. The van der Waals surface area contributed by atoms with Crippen molar-refractivity contribution in [3.05, 3.63) is 16.9 Å². The second-order valence-corrected chi connectivity index (χ2v) is 5.48. The standard InChI is InChI=1S/C11H17N7S/c1-6-7(2)19-11(15-6)16-9-8(12)10(14-5-13-9)17-18(3)4/h5H,12H2,1-4H3,(H2,13,14,15,16,17). The maximum Gasteiger partial charge on any atom is 0.188 e. The van der Waals surface area contributed by atoms with Crippen molar-refractivity contribution in [1.29, 1.82) is 0 Å². The van der Waals surface area contributed by atoms with Gasteiger partial charge in [0.05, 0.1) is 5.69 Å². The van der Waals surface area contributed by atoms with Crippen molar-refractivity contribution in [2.24, 2.45) is 0 Å². The molecule has 102 valence electrons. The number of nitrogens with one attached hydrogen (secondary N) is 2. The maximum atomic E-state index is 6.02. The Bertz CT molecular complexity index is 559. The molecule has 0 saturated heterocycles. The van der Waals surface area contributed by atoms with Gasteiger partial charge in [-0.15, -0.1) is 11.3 Å². The number of nitrogens with zero attached hydrogens (tertiary/aromatic N) is 4. The van der Waals surface area contributed by atoms with E-state index < -0.39 is 0 Å². The molecule has 0 aliphatic rings. The maximum absolute atomic E-state index is 6.02. The summed E-state index contributed by atoms with van der Waals surface area (Å²) in [4.78, 5) is 13.8. The van der Waals surface area contributed by atoms with Crippen LogP contribution >= 0.6 is 11.3 Å². The lowest BCUT2D eigenvalue weighted by Crippen LogP contribution is -2.21. The number of anilines is 4. The fourth-order valence-electron chi connectivity index (χ4n) is 1.42. The minimum Gasteiger partial charge on any atom is -0.393 e. The molecule has 0 aromatic carbocycles. The Morgan fingerprint density at radius 2 is 1.89 bits per heavy atom. The summed E-state index contributed by atoms with van der Waals surface area (Å²) in [5.41, 5.74) is 10.5. The molecular weight excluding hydrogens is 262 g/mol. The van der Waals surface area contributed by atoms with E-state index in [1.54, 1.807) is 16.3 Å². The molecule has 0 aliphatic heterocycles. The lowest BCUT2D eigenvalue weighted by molar-refractivity contribution is 0.492. The lowest BCUT2D eigenvalue weighted by atomic mass is 10.4. The molecule has 0 bridgehead atoms. The summed E-state index contributed by atoms with van der Waals surface area (Å²) < 4.78 is 0. The third-order valence-corrected chi connectivity index (χ3v) is 3.46. The van der Waals surface area contributed by atoms with Crippen LogP contribution in [0, 0.1) is 13.8 Å². The number of thiazole rings is 1. The smallest absolute Gasteiger partial charge is 0.188 e. The normalized spacial score (nSPS) is 10.8. The first kappa shape index (κ1) is 13.5. The van der Waals surface area contributed by atoms with E-state index in [0.29, 0.717) is 17.3 Å². The van der Waals surface area contributed by atoms with Gasteiger partial charge in [-0.1, -0.05) is 0 Å². The van der Waals surface area contributed by atoms with Crippen LogP contribution in [0.2, 0.25) is 0 Å². The molecule has 2 heterocycles.